The maximum atomic E-state index is 13.0. The highest BCUT2D eigenvalue weighted by Gasteiger charge is 2.30. The van der Waals surface area contributed by atoms with Crippen molar-refractivity contribution in [1.29, 1.82) is 0 Å². The zero-order valence-corrected chi connectivity index (χ0v) is 16.9. The Bertz CT molecular complexity index is 1170. The SMILES string of the molecule is Cc1ccc(S(=O)(=O)N2CCC(Cn3c(=O)[nH]c4cccnc43)CC2)c(C)c1. The lowest BCUT2D eigenvalue weighted by Gasteiger charge is -2.31. The van der Waals surface area contributed by atoms with Crippen molar-refractivity contribution in [3.8, 4) is 0 Å². The van der Waals surface area contributed by atoms with Gasteiger partial charge in [0.1, 0.15) is 0 Å². The van der Waals surface area contributed by atoms with Crippen LogP contribution < -0.4 is 5.69 Å². The monoisotopic (exact) mass is 400 g/mol. The average Bonchev–Trinajstić information content (AvgIpc) is 2.97. The third-order valence-electron chi connectivity index (χ3n) is 5.49. The van der Waals surface area contributed by atoms with Crippen LogP contribution in [0, 0.1) is 19.8 Å². The summed E-state index contributed by atoms with van der Waals surface area (Å²) in [6.07, 6.45) is 3.11. The predicted octanol–water partition coefficient (Wildman–Crippen LogP) is 2.44. The van der Waals surface area contributed by atoms with E-state index in [1.165, 1.54) is 0 Å². The zero-order valence-electron chi connectivity index (χ0n) is 16.1. The van der Waals surface area contributed by atoms with Crippen LogP contribution in [-0.4, -0.2) is 40.3 Å². The van der Waals surface area contributed by atoms with Gasteiger partial charge in [0.05, 0.1) is 10.4 Å². The minimum absolute atomic E-state index is 0.168. The van der Waals surface area contributed by atoms with Crippen LogP contribution in [-0.2, 0) is 16.6 Å². The van der Waals surface area contributed by atoms with Crippen LogP contribution in [0.1, 0.15) is 24.0 Å². The lowest BCUT2D eigenvalue weighted by molar-refractivity contribution is 0.253. The highest BCUT2D eigenvalue weighted by atomic mass is 32.2. The highest BCUT2D eigenvalue weighted by Crippen LogP contribution is 2.27. The smallest absolute Gasteiger partial charge is 0.304 e. The minimum atomic E-state index is -3.49. The maximum absolute atomic E-state index is 13.0. The lowest BCUT2D eigenvalue weighted by Crippen LogP contribution is -2.40. The first-order chi connectivity index (χ1) is 13.4. The summed E-state index contributed by atoms with van der Waals surface area (Å²) in [5, 5.41) is 0. The molecule has 1 N–H and O–H groups in total. The first-order valence-electron chi connectivity index (χ1n) is 9.47. The molecule has 4 rings (SSSR count). The zero-order chi connectivity index (χ0) is 19.9. The van der Waals surface area contributed by atoms with Gasteiger partial charge in [-0.2, -0.15) is 4.31 Å². The molecule has 1 fully saturated rings. The van der Waals surface area contributed by atoms with Gasteiger partial charge in [-0.15, -0.1) is 0 Å². The molecule has 0 spiro atoms. The molecule has 28 heavy (non-hydrogen) atoms. The Balaban J connectivity index is 1.48. The van der Waals surface area contributed by atoms with Gasteiger partial charge < -0.3 is 4.98 Å². The van der Waals surface area contributed by atoms with Crippen molar-refractivity contribution in [2.45, 2.75) is 38.1 Å². The Morgan fingerprint density at radius 2 is 1.93 bits per heavy atom. The molecule has 7 nitrogen and oxygen atoms in total. The molecule has 0 unspecified atom stereocenters. The maximum Gasteiger partial charge on any atom is 0.327 e. The Hall–Kier alpha value is -2.45. The topological polar surface area (TPSA) is 88.1 Å². The third-order valence-corrected chi connectivity index (χ3v) is 7.55. The molecule has 1 saturated heterocycles. The van der Waals surface area contributed by atoms with Crippen molar-refractivity contribution in [1.82, 2.24) is 18.8 Å². The van der Waals surface area contributed by atoms with Gasteiger partial charge in [-0.1, -0.05) is 17.7 Å². The molecule has 2 aromatic heterocycles. The highest BCUT2D eigenvalue weighted by molar-refractivity contribution is 7.89. The van der Waals surface area contributed by atoms with E-state index in [9.17, 15) is 13.2 Å². The molecule has 3 aromatic rings. The molecular weight excluding hydrogens is 376 g/mol. The van der Waals surface area contributed by atoms with Gasteiger partial charge in [-0.05, 0) is 56.4 Å². The Labute approximate surface area is 164 Å². The quantitative estimate of drug-likeness (QED) is 0.729. The standard InChI is InChI=1S/C20H24N4O3S/c1-14-5-6-18(15(2)12-14)28(26,27)23-10-7-16(8-11-23)13-24-19-17(22-20(24)25)4-3-9-21-19/h3-6,9,12,16H,7-8,10-11,13H2,1-2H3,(H,22,25). The fourth-order valence-electron chi connectivity index (χ4n) is 3.98. The number of sulfonamides is 1. The third kappa shape index (κ3) is 3.38. The van der Waals surface area contributed by atoms with Crippen LogP contribution in [0.4, 0.5) is 0 Å². The molecule has 0 amide bonds. The van der Waals surface area contributed by atoms with Crippen molar-refractivity contribution in [2.24, 2.45) is 5.92 Å². The van der Waals surface area contributed by atoms with E-state index in [4.69, 9.17) is 0 Å². The molecule has 0 aliphatic carbocycles. The summed E-state index contributed by atoms with van der Waals surface area (Å²) >= 11 is 0. The summed E-state index contributed by atoms with van der Waals surface area (Å²) in [4.78, 5) is 19.8. The van der Waals surface area contributed by atoms with Crippen molar-refractivity contribution in [3.05, 3.63) is 58.1 Å². The summed E-state index contributed by atoms with van der Waals surface area (Å²) in [6, 6.07) is 9.06. The van der Waals surface area contributed by atoms with E-state index in [1.54, 1.807) is 27.2 Å². The van der Waals surface area contributed by atoms with Gasteiger partial charge >= 0.3 is 5.69 Å². The number of piperidine rings is 1. The van der Waals surface area contributed by atoms with Crippen LogP contribution in [0.2, 0.25) is 0 Å². The Kier molecular flexibility index (Phi) is 4.84. The number of hydrogen-bond donors (Lipinski definition) is 1. The molecule has 1 aliphatic rings. The van der Waals surface area contributed by atoms with Gasteiger partial charge in [0.25, 0.3) is 0 Å². The first-order valence-corrected chi connectivity index (χ1v) is 10.9. The number of rotatable bonds is 4. The molecule has 0 bridgehead atoms. The van der Waals surface area contributed by atoms with Crippen LogP contribution in [0.25, 0.3) is 11.2 Å². The number of aromatic nitrogens is 3. The normalized spacial score (nSPS) is 16.6. The van der Waals surface area contributed by atoms with E-state index in [2.05, 4.69) is 9.97 Å². The summed E-state index contributed by atoms with van der Waals surface area (Å²) in [5.74, 6) is 0.240. The predicted molar refractivity (Wildman–Crippen MR) is 108 cm³/mol. The number of benzene rings is 1. The number of imidazole rings is 1. The summed E-state index contributed by atoms with van der Waals surface area (Å²) < 4.78 is 29.3. The van der Waals surface area contributed by atoms with Crippen molar-refractivity contribution in [2.75, 3.05) is 13.1 Å². The molecule has 1 aromatic carbocycles. The number of H-pyrrole nitrogens is 1. The number of fused-ring (bicyclic) bond motifs is 1. The van der Waals surface area contributed by atoms with Gasteiger partial charge in [0, 0.05) is 25.8 Å². The van der Waals surface area contributed by atoms with E-state index >= 15 is 0 Å². The second kappa shape index (κ2) is 7.18. The Morgan fingerprint density at radius 3 is 2.64 bits per heavy atom. The lowest BCUT2D eigenvalue weighted by atomic mass is 9.98. The number of nitrogens with one attached hydrogen (secondary N) is 1. The van der Waals surface area contributed by atoms with E-state index < -0.39 is 10.0 Å². The van der Waals surface area contributed by atoms with Crippen LogP contribution >= 0.6 is 0 Å². The summed E-state index contributed by atoms with van der Waals surface area (Å²) in [5.41, 5.74) is 3.03. The van der Waals surface area contributed by atoms with E-state index in [0.29, 0.717) is 30.2 Å². The largest absolute Gasteiger partial charge is 0.327 e. The van der Waals surface area contributed by atoms with E-state index in [0.717, 1.165) is 29.5 Å². The van der Waals surface area contributed by atoms with Gasteiger partial charge in [-0.3, -0.25) is 4.57 Å². The fraction of sp³-hybridized carbons (Fsp3) is 0.400. The molecule has 0 radical (unpaired) electrons. The van der Waals surface area contributed by atoms with Gasteiger partial charge in [-0.25, -0.2) is 18.2 Å². The Morgan fingerprint density at radius 1 is 1.18 bits per heavy atom. The van der Waals surface area contributed by atoms with Crippen molar-refractivity contribution < 1.29 is 8.42 Å². The number of aromatic amines is 1. The molecular formula is C20H24N4O3S. The summed E-state index contributed by atoms with van der Waals surface area (Å²) in [6.45, 7) is 5.27. The number of pyridine rings is 1. The van der Waals surface area contributed by atoms with E-state index in [1.807, 2.05) is 32.0 Å². The molecule has 1 aliphatic heterocycles. The molecule has 148 valence electrons. The molecule has 8 heteroatoms. The second-order valence-corrected chi connectivity index (χ2v) is 9.44. The van der Waals surface area contributed by atoms with Crippen LogP contribution in [0.3, 0.4) is 0 Å². The first kappa shape index (κ1) is 18.9. The van der Waals surface area contributed by atoms with Gasteiger partial charge in [0.15, 0.2) is 5.65 Å². The van der Waals surface area contributed by atoms with Crippen LogP contribution in [0.15, 0.2) is 46.2 Å². The summed E-state index contributed by atoms with van der Waals surface area (Å²) in [7, 11) is -3.49. The minimum Gasteiger partial charge on any atom is -0.304 e. The number of aryl methyl sites for hydroxylation is 2. The average molecular weight is 401 g/mol. The second-order valence-electron chi connectivity index (χ2n) is 7.53. The van der Waals surface area contributed by atoms with E-state index in [-0.39, 0.29) is 11.6 Å². The van der Waals surface area contributed by atoms with Gasteiger partial charge in [0.2, 0.25) is 10.0 Å². The number of nitrogens with zero attached hydrogens (tertiary/aromatic N) is 3. The van der Waals surface area contributed by atoms with Crippen molar-refractivity contribution in [3.63, 3.8) is 0 Å². The van der Waals surface area contributed by atoms with Crippen LogP contribution in [0.5, 0.6) is 0 Å². The fourth-order valence-corrected chi connectivity index (χ4v) is 5.65. The molecule has 0 saturated carbocycles. The van der Waals surface area contributed by atoms with Crippen molar-refractivity contribution >= 4 is 21.2 Å². The number of hydrogen-bond acceptors (Lipinski definition) is 4. The molecule has 0 atom stereocenters. The molecule has 3 heterocycles.